The van der Waals surface area contributed by atoms with Gasteiger partial charge in [0.25, 0.3) is 0 Å². The Bertz CT molecular complexity index is 394. The van der Waals surface area contributed by atoms with Crippen LogP contribution in [0.25, 0.3) is 0 Å². The predicted molar refractivity (Wildman–Crippen MR) is 96.4 cm³/mol. The van der Waals surface area contributed by atoms with Gasteiger partial charge in [-0.2, -0.15) is 0 Å². The summed E-state index contributed by atoms with van der Waals surface area (Å²) in [4.78, 5) is 0. The molecule has 2 atom stereocenters. The first-order valence-electron chi connectivity index (χ1n) is 8.30. The molecule has 0 radical (unpaired) electrons. The highest BCUT2D eigenvalue weighted by molar-refractivity contribution is 6.77. The third-order valence-electron chi connectivity index (χ3n) is 3.78. The molecule has 0 fully saturated rings. The zero-order chi connectivity index (χ0) is 15.7. The van der Waals surface area contributed by atoms with Crippen LogP contribution in [0.1, 0.15) is 50.3 Å². The minimum absolute atomic E-state index is 0.269. The molecular formula is C19H32OSi. The number of hydrogen-bond donors (Lipinski definition) is 0. The quantitative estimate of drug-likeness (QED) is 0.286. The summed E-state index contributed by atoms with van der Waals surface area (Å²) in [6, 6.07) is 10.7. The predicted octanol–water partition coefficient (Wildman–Crippen LogP) is 6.15. The Hall–Kier alpha value is -0.863. The van der Waals surface area contributed by atoms with Gasteiger partial charge >= 0.3 is 0 Å². The molecule has 0 amide bonds. The molecule has 118 valence electrons. The van der Waals surface area contributed by atoms with Crippen molar-refractivity contribution < 1.29 is 4.74 Å². The summed E-state index contributed by atoms with van der Waals surface area (Å²) in [5.74, 6) is 0. The monoisotopic (exact) mass is 304 g/mol. The molecule has 1 aromatic carbocycles. The van der Waals surface area contributed by atoms with Crippen LogP contribution >= 0.6 is 0 Å². The van der Waals surface area contributed by atoms with Crippen molar-refractivity contribution in [3.8, 4) is 0 Å². The number of benzene rings is 1. The van der Waals surface area contributed by atoms with Crippen LogP contribution in [0.2, 0.25) is 19.6 Å². The van der Waals surface area contributed by atoms with Crippen LogP contribution in [-0.4, -0.2) is 14.2 Å². The Morgan fingerprint density at radius 3 is 2.33 bits per heavy atom. The largest absolute Gasteiger partial charge is 0.374 e. The lowest BCUT2D eigenvalue weighted by molar-refractivity contribution is 0.0195. The highest BCUT2D eigenvalue weighted by atomic mass is 28.3. The molecule has 0 saturated carbocycles. The van der Waals surface area contributed by atoms with E-state index < -0.39 is 8.07 Å². The van der Waals surface area contributed by atoms with Crippen molar-refractivity contribution in [1.29, 1.82) is 0 Å². The number of rotatable bonds is 10. The maximum absolute atomic E-state index is 6.58. The second kappa shape index (κ2) is 9.21. The maximum Gasteiger partial charge on any atom is 0.0842 e. The number of hydrogen-bond acceptors (Lipinski definition) is 1. The molecule has 0 aliphatic heterocycles. The van der Waals surface area contributed by atoms with Crippen molar-refractivity contribution in [2.75, 3.05) is 0 Å². The molecule has 0 aliphatic carbocycles. The molecular weight excluding hydrogens is 272 g/mol. The Morgan fingerprint density at radius 2 is 1.81 bits per heavy atom. The second-order valence-corrected chi connectivity index (χ2v) is 12.2. The highest BCUT2D eigenvalue weighted by Crippen LogP contribution is 2.31. The van der Waals surface area contributed by atoms with E-state index in [4.69, 9.17) is 4.74 Å². The summed E-state index contributed by atoms with van der Waals surface area (Å²) in [6.07, 6.45) is 8.22. The first-order valence-corrected chi connectivity index (χ1v) is 11.9. The van der Waals surface area contributed by atoms with E-state index in [1.807, 2.05) is 6.08 Å². The molecule has 0 unspecified atom stereocenters. The molecule has 1 aromatic rings. The molecule has 0 N–H and O–H groups in total. The van der Waals surface area contributed by atoms with Gasteiger partial charge < -0.3 is 4.74 Å². The topological polar surface area (TPSA) is 9.23 Å². The zero-order valence-electron chi connectivity index (χ0n) is 14.3. The van der Waals surface area contributed by atoms with E-state index >= 15 is 0 Å². The minimum Gasteiger partial charge on any atom is -0.374 e. The van der Waals surface area contributed by atoms with Crippen LogP contribution in [0.4, 0.5) is 0 Å². The Labute approximate surface area is 132 Å². The van der Waals surface area contributed by atoms with Gasteiger partial charge in [0.15, 0.2) is 0 Å². The van der Waals surface area contributed by atoms with Gasteiger partial charge in [0, 0.05) is 0 Å². The van der Waals surface area contributed by atoms with Crippen LogP contribution in [0, 0.1) is 0 Å². The molecule has 1 nitrogen and oxygen atoms in total. The van der Waals surface area contributed by atoms with Gasteiger partial charge in [-0.1, -0.05) is 82.2 Å². The fourth-order valence-corrected chi connectivity index (χ4v) is 4.45. The van der Waals surface area contributed by atoms with E-state index in [9.17, 15) is 0 Å². The van der Waals surface area contributed by atoms with Gasteiger partial charge in [-0.05, 0) is 18.4 Å². The summed E-state index contributed by atoms with van der Waals surface area (Å²) in [7, 11) is -1.42. The van der Waals surface area contributed by atoms with E-state index in [1.165, 1.54) is 24.8 Å². The van der Waals surface area contributed by atoms with Gasteiger partial charge in [-0.3, -0.25) is 0 Å². The average molecular weight is 305 g/mol. The molecule has 0 heterocycles. The van der Waals surface area contributed by atoms with E-state index in [2.05, 4.69) is 63.5 Å². The fourth-order valence-electron chi connectivity index (χ4n) is 2.65. The molecule has 0 spiro atoms. The van der Waals surface area contributed by atoms with Gasteiger partial charge in [-0.25, -0.2) is 0 Å². The lowest BCUT2D eigenvalue weighted by Crippen LogP contribution is -2.35. The van der Waals surface area contributed by atoms with Crippen LogP contribution in [0.5, 0.6) is 0 Å². The van der Waals surface area contributed by atoms with Crippen molar-refractivity contribution in [2.45, 2.75) is 70.5 Å². The molecule has 1 rings (SSSR count). The van der Waals surface area contributed by atoms with Crippen molar-refractivity contribution in [2.24, 2.45) is 0 Å². The summed E-state index contributed by atoms with van der Waals surface area (Å²) in [6.45, 7) is 13.3. The lowest BCUT2D eigenvalue weighted by Gasteiger charge is -2.33. The normalized spacial score (nSPS) is 14.7. The Kier molecular flexibility index (Phi) is 7.98. The summed E-state index contributed by atoms with van der Waals surface area (Å²) < 4.78 is 6.58. The lowest BCUT2D eigenvalue weighted by atomic mass is 10.1. The first kappa shape index (κ1) is 18.2. The fraction of sp³-hybridized carbons (Fsp3) is 0.579. The second-order valence-electron chi connectivity index (χ2n) is 6.93. The Morgan fingerprint density at radius 1 is 1.14 bits per heavy atom. The standard InChI is InChI=1S/C19H32OSi/c1-6-8-10-16-18(13-7-2)20-19(21(3,4)5)17-14-11-9-12-15-17/h7,9,11-12,14-15,18-19H,2,6,8,10,13,16H2,1,3-5H3/t18-,19+/m1/s1. The number of unbranched alkanes of at least 4 members (excludes halogenated alkanes) is 2. The van der Waals surface area contributed by atoms with E-state index in [-0.39, 0.29) is 5.73 Å². The molecule has 2 heteroatoms. The van der Waals surface area contributed by atoms with Crippen molar-refractivity contribution in [3.63, 3.8) is 0 Å². The van der Waals surface area contributed by atoms with E-state index in [1.54, 1.807) is 0 Å². The summed E-state index contributed by atoms with van der Waals surface area (Å²) in [5, 5.41) is 0. The van der Waals surface area contributed by atoms with Gasteiger partial charge in [0.2, 0.25) is 0 Å². The molecule has 0 bridgehead atoms. The Balaban J connectivity index is 2.80. The van der Waals surface area contributed by atoms with Crippen LogP contribution < -0.4 is 0 Å². The molecule has 0 aromatic heterocycles. The zero-order valence-corrected chi connectivity index (χ0v) is 15.3. The summed E-state index contributed by atoms with van der Waals surface area (Å²) >= 11 is 0. The van der Waals surface area contributed by atoms with Crippen LogP contribution in [0.15, 0.2) is 43.0 Å². The van der Waals surface area contributed by atoms with E-state index in [0.29, 0.717) is 6.10 Å². The molecule has 0 aliphatic rings. The highest BCUT2D eigenvalue weighted by Gasteiger charge is 2.31. The minimum atomic E-state index is -1.42. The van der Waals surface area contributed by atoms with E-state index in [0.717, 1.165) is 12.8 Å². The maximum atomic E-state index is 6.58. The summed E-state index contributed by atoms with van der Waals surface area (Å²) in [5.41, 5.74) is 1.60. The van der Waals surface area contributed by atoms with Crippen LogP contribution in [0.3, 0.4) is 0 Å². The average Bonchev–Trinajstić information content (AvgIpc) is 2.44. The van der Waals surface area contributed by atoms with Gasteiger partial charge in [0.05, 0.1) is 19.9 Å². The van der Waals surface area contributed by atoms with Crippen molar-refractivity contribution in [1.82, 2.24) is 0 Å². The molecule has 0 saturated heterocycles. The number of ether oxygens (including phenoxy) is 1. The van der Waals surface area contributed by atoms with Crippen molar-refractivity contribution in [3.05, 3.63) is 48.6 Å². The third kappa shape index (κ3) is 6.62. The van der Waals surface area contributed by atoms with Gasteiger partial charge in [-0.15, -0.1) is 6.58 Å². The van der Waals surface area contributed by atoms with Crippen LogP contribution in [-0.2, 0) is 4.74 Å². The van der Waals surface area contributed by atoms with Crippen molar-refractivity contribution >= 4 is 8.07 Å². The molecule has 21 heavy (non-hydrogen) atoms. The third-order valence-corrected chi connectivity index (χ3v) is 5.82. The smallest absolute Gasteiger partial charge is 0.0842 e. The first-order chi connectivity index (χ1) is 9.99. The SMILES string of the molecule is C=CC[C@H](CCCCC)O[C@H](c1ccccc1)[Si](C)(C)C. The van der Waals surface area contributed by atoms with Gasteiger partial charge in [0.1, 0.15) is 0 Å².